The van der Waals surface area contributed by atoms with Gasteiger partial charge >= 0.3 is 0 Å². The summed E-state index contributed by atoms with van der Waals surface area (Å²) in [6, 6.07) is 6.29. The van der Waals surface area contributed by atoms with Crippen molar-refractivity contribution in [2.45, 2.75) is 32.1 Å². The Bertz CT molecular complexity index is 694. The maximum Gasteiger partial charge on any atom is 0.147 e. The van der Waals surface area contributed by atoms with E-state index in [1.165, 1.54) is 18.5 Å². The monoisotopic (exact) mass is 315 g/mol. The van der Waals surface area contributed by atoms with Crippen molar-refractivity contribution in [3.05, 3.63) is 54.0 Å². The number of piperazine rings is 1. The van der Waals surface area contributed by atoms with Crippen LogP contribution in [0.1, 0.15) is 12.5 Å². The molecule has 1 aliphatic rings. The first-order valence-corrected chi connectivity index (χ1v) is 7.49. The van der Waals surface area contributed by atoms with Gasteiger partial charge in [-0.25, -0.2) is 14.2 Å². The summed E-state index contributed by atoms with van der Waals surface area (Å²) in [5.74, 6) is 1.79. The van der Waals surface area contributed by atoms with E-state index in [0.717, 1.165) is 5.56 Å². The Kier molecular flexibility index (Phi) is 4.50. The van der Waals surface area contributed by atoms with Crippen molar-refractivity contribution in [1.82, 2.24) is 25.0 Å². The largest absolute Gasteiger partial charge is 0.354 e. The second kappa shape index (κ2) is 6.73. The van der Waals surface area contributed by atoms with E-state index in [1.807, 2.05) is 11.8 Å². The summed E-state index contributed by atoms with van der Waals surface area (Å²) >= 11 is 0. The normalized spacial score (nSPS) is 21.3. The second-order valence-electron chi connectivity index (χ2n) is 5.64. The van der Waals surface area contributed by atoms with E-state index < -0.39 is 0 Å². The average Bonchev–Trinajstić information content (AvgIpc) is 3.05. The van der Waals surface area contributed by atoms with Crippen LogP contribution >= 0.6 is 0 Å². The highest BCUT2D eigenvalue weighted by Gasteiger charge is 2.31. The summed E-state index contributed by atoms with van der Waals surface area (Å²) in [5.41, 5.74) is 1.52. The van der Waals surface area contributed by atoms with Crippen LogP contribution < -0.4 is 5.32 Å². The van der Waals surface area contributed by atoms with Crippen LogP contribution in [0.5, 0.6) is 0 Å². The van der Waals surface area contributed by atoms with Gasteiger partial charge in [0.25, 0.3) is 0 Å². The molecule has 2 aromatic rings. The Morgan fingerprint density at radius 3 is 2.83 bits per heavy atom. The first-order valence-electron chi connectivity index (χ1n) is 7.49. The second-order valence-corrected chi connectivity index (χ2v) is 5.64. The zero-order valence-corrected chi connectivity index (χ0v) is 12.8. The minimum absolute atomic E-state index is 0.0365. The molecule has 1 fully saturated rings. The lowest BCUT2D eigenvalue weighted by Gasteiger charge is -2.41. The van der Waals surface area contributed by atoms with Crippen molar-refractivity contribution in [2.24, 2.45) is 0 Å². The van der Waals surface area contributed by atoms with Gasteiger partial charge in [0.1, 0.15) is 30.1 Å². The lowest BCUT2D eigenvalue weighted by Crippen LogP contribution is -2.55. The lowest BCUT2D eigenvalue weighted by molar-refractivity contribution is 0.163. The quantitative estimate of drug-likeness (QED) is 0.853. The van der Waals surface area contributed by atoms with Crippen LogP contribution in [-0.4, -0.2) is 44.2 Å². The average molecular weight is 315 g/mol. The molecule has 0 bridgehead atoms. The Hall–Kier alpha value is -2.50. The molecule has 1 aliphatic heterocycles. The third-order valence-corrected chi connectivity index (χ3v) is 4.06. The van der Waals surface area contributed by atoms with Gasteiger partial charge in [-0.2, -0.15) is 5.10 Å². The SMILES string of the molecule is CC1NCC(Cn2cncn2)N(Cc2ccc(F)cc2)C1=C=O. The van der Waals surface area contributed by atoms with E-state index in [2.05, 4.69) is 21.3 Å². The number of nitrogens with one attached hydrogen (secondary N) is 1. The third-order valence-electron chi connectivity index (χ3n) is 4.06. The third kappa shape index (κ3) is 3.47. The first kappa shape index (κ1) is 15.4. The fraction of sp³-hybridized carbons (Fsp3) is 0.375. The van der Waals surface area contributed by atoms with E-state index >= 15 is 0 Å². The molecule has 7 heteroatoms. The molecule has 0 amide bonds. The highest BCUT2D eigenvalue weighted by molar-refractivity contribution is 5.54. The zero-order chi connectivity index (χ0) is 16.2. The molecule has 6 nitrogen and oxygen atoms in total. The molecule has 0 spiro atoms. The molecule has 2 unspecified atom stereocenters. The molecule has 1 aromatic heterocycles. The van der Waals surface area contributed by atoms with Gasteiger partial charge in [0, 0.05) is 13.1 Å². The predicted molar refractivity (Wildman–Crippen MR) is 82.4 cm³/mol. The van der Waals surface area contributed by atoms with Gasteiger partial charge in [0.15, 0.2) is 0 Å². The number of benzene rings is 1. The molecule has 1 N–H and O–H groups in total. The van der Waals surface area contributed by atoms with E-state index in [4.69, 9.17) is 0 Å². The molecule has 0 saturated carbocycles. The van der Waals surface area contributed by atoms with Gasteiger partial charge in [-0.05, 0) is 24.6 Å². The summed E-state index contributed by atoms with van der Waals surface area (Å²) in [4.78, 5) is 17.4. The minimum atomic E-state index is -0.271. The van der Waals surface area contributed by atoms with Crippen LogP contribution in [0.4, 0.5) is 4.39 Å². The Balaban J connectivity index is 1.84. The van der Waals surface area contributed by atoms with Crippen molar-refractivity contribution in [2.75, 3.05) is 6.54 Å². The number of aromatic nitrogens is 3. The number of nitrogens with zero attached hydrogens (tertiary/aromatic N) is 4. The number of carbonyl (C=O) groups excluding carboxylic acids is 1. The van der Waals surface area contributed by atoms with Gasteiger partial charge in [-0.15, -0.1) is 0 Å². The highest BCUT2D eigenvalue weighted by atomic mass is 19.1. The van der Waals surface area contributed by atoms with Gasteiger partial charge in [-0.3, -0.25) is 4.68 Å². The molecular weight excluding hydrogens is 297 g/mol. The van der Waals surface area contributed by atoms with Crippen molar-refractivity contribution in [1.29, 1.82) is 0 Å². The predicted octanol–water partition coefficient (Wildman–Crippen LogP) is 0.995. The van der Waals surface area contributed by atoms with Crippen LogP contribution in [0.3, 0.4) is 0 Å². The minimum Gasteiger partial charge on any atom is -0.354 e. The standard InChI is InChI=1S/C16H18FN5O/c1-12-16(9-23)22(7-13-2-4-14(17)5-3-13)15(6-19-12)8-21-11-18-10-20-21/h2-5,10-12,15,19H,6-8H2,1H3. The molecular formula is C16H18FN5O. The topological polar surface area (TPSA) is 63.1 Å². The molecule has 120 valence electrons. The van der Waals surface area contributed by atoms with E-state index in [9.17, 15) is 9.18 Å². The number of halogens is 1. The maximum atomic E-state index is 13.1. The van der Waals surface area contributed by atoms with E-state index in [-0.39, 0.29) is 17.9 Å². The molecule has 3 rings (SSSR count). The van der Waals surface area contributed by atoms with E-state index in [0.29, 0.717) is 25.3 Å². The van der Waals surface area contributed by atoms with Crippen LogP contribution in [0.15, 0.2) is 42.6 Å². The molecule has 1 saturated heterocycles. The van der Waals surface area contributed by atoms with Crippen molar-refractivity contribution >= 4 is 5.94 Å². The van der Waals surface area contributed by atoms with Crippen LogP contribution in [0.25, 0.3) is 0 Å². The number of hydrogen-bond donors (Lipinski definition) is 1. The van der Waals surface area contributed by atoms with E-state index in [1.54, 1.807) is 23.1 Å². The lowest BCUT2D eigenvalue weighted by atomic mass is 10.0. The summed E-state index contributed by atoms with van der Waals surface area (Å²) in [6.07, 6.45) is 3.14. The molecule has 2 atom stereocenters. The zero-order valence-electron chi connectivity index (χ0n) is 12.8. The van der Waals surface area contributed by atoms with Crippen LogP contribution in [0.2, 0.25) is 0 Å². The van der Waals surface area contributed by atoms with Gasteiger partial charge in [0.2, 0.25) is 0 Å². The van der Waals surface area contributed by atoms with Crippen molar-refractivity contribution in [3.8, 4) is 0 Å². The van der Waals surface area contributed by atoms with Gasteiger partial charge in [0.05, 0.1) is 18.6 Å². The molecule has 0 radical (unpaired) electrons. The summed E-state index contributed by atoms with van der Waals surface area (Å²) in [7, 11) is 0. The summed E-state index contributed by atoms with van der Waals surface area (Å²) < 4.78 is 14.8. The summed E-state index contributed by atoms with van der Waals surface area (Å²) in [5, 5.41) is 7.43. The number of hydrogen-bond acceptors (Lipinski definition) is 5. The number of rotatable bonds is 4. The smallest absolute Gasteiger partial charge is 0.147 e. The van der Waals surface area contributed by atoms with Crippen LogP contribution in [-0.2, 0) is 17.9 Å². The fourth-order valence-electron chi connectivity index (χ4n) is 2.82. The van der Waals surface area contributed by atoms with Crippen LogP contribution in [0, 0.1) is 5.82 Å². The Morgan fingerprint density at radius 1 is 1.39 bits per heavy atom. The highest BCUT2D eigenvalue weighted by Crippen LogP contribution is 2.21. The molecule has 1 aromatic carbocycles. The Labute approximate surface area is 133 Å². The molecule has 23 heavy (non-hydrogen) atoms. The molecule has 0 aliphatic carbocycles. The maximum absolute atomic E-state index is 13.1. The van der Waals surface area contributed by atoms with Gasteiger partial charge in [-0.1, -0.05) is 12.1 Å². The van der Waals surface area contributed by atoms with Crippen molar-refractivity contribution in [3.63, 3.8) is 0 Å². The molecule has 2 heterocycles. The van der Waals surface area contributed by atoms with Gasteiger partial charge < -0.3 is 10.2 Å². The first-order chi connectivity index (χ1) is 11.2. The fourth-order valence-corrected chi connectivity index (χ4v) is 2.82. The summed E-state index contributed by atoms with van der Waals surface area (Å²) in [6.45, 7) is 3.78. The van der Waals surface area contributed by atoms with Crippen molar-refractivity contribution < 1.29 is 9.18 Å². The Morgan fingerprint density at radius 2 is 2.17 bits per heavy atom.